The van der Waals surface area contributed by atoms with Gasteiger partial charge in [-0.05, 0) is 39.3 Å². The fraction of sp³-hybridized carbons (Fsp3) is 0.545. The summed E-state index contributed by atoms with van der Waals surface area (Å²) >= 11 is 0. The molecule has 0 atom stereocenters. The summed E-state index contributed by atoms with van der Waals surface area (Å²) in [5, 5.41) is 8.27. The summed E-state index contributed by atoms with van der Waals surface area (Å²) in [6.07, 6.45) is 2.97. The van der Waals surface area contributed by atoms with Crippen LogP contribution in [0, 0.1) is 13.8 Å². The monoisotopic (exact) mass is 219 g/mol. The Balaban J connectivity index is 2.33. The van der Waals surface area contributed by atoms with E-state index in [1.807, 2.05) is 17.4 Å². The van der Waals surface area contributed by atoms with Crippen LogP contribution in [-0.2, 0) is 6.42 Å². The highest BCUT2D eigenvalue weighted by molar-refractivity contribution is 5.32. The molecule has 0 saturated heterocycles. The van der Waals surface area contributed by atoms with Gasteiger partial charge in [-0.1, -0.05) is 0 Å². The van der Waals surface area contributed by atoms with Crippen LogP contribution in [-0.4, -0.2) is 26.1 Å². The van der Waals surface area contributed by atoms with Crippen LogP contribution >= 0.6 is 0 Å². The maximum absolute atomic E-state index is 5.48. The largest absolute Gasteiger partial charge is 0.330 e. The summed E-state index contributed by atoms with van der Waals surface area (Å²) in [5.74, 6) is 1.67. The molecular formula is C11H17N5. The van der Waals surface area contributed by atoms with E-state index in [0.29, 0.717) is 5.78 Å². The molecule has 5 heteroatoms. The zero-order valence-electron chi connectivity index (χ0n) is 9.77. The molecule has 0 radical (unpaired) electrons. The lowest BCUT2D eigenvalue weighted by Crippen LogP contribution is -2.03. The molecular weight excluding hydrogens is 202 g/mol. The van der Waals surface area contributed by atoms with Crippen molar-refractivity contribution >= 4 is 5.78 Å². The van der Waals surface area contributed by atoms with E-state index in [-0.39, 0.29) is 0 Å². The van der Waals surface area contributed by atoms with E-state index >= 15 is 0 Å². The zero-order chi connectivity index (χ0) is 11.5. The maximum atomic E-state index is 5.48. The van der Waals surface area contributed by atoms with E-state index in [1.54, 1.807) is 0 Å². The van der Waals surface area contributed by atoms with Crippen molar-refractivity contribution in [2.75, 3.05) is 6.54 Å². The van der Waals surface area contributed by atoms with Crippen LogP contribution in [0.2, 0.25) is 0 Å². The number of fused-ring (bicyclic) bond motifs is 1. The Hall–Kier alpha value is -1.49. The van der Waals surface area contributed by atoms with Crippen LogP contribution in [0.3, 0.4) is 0 Å². The maximum Gasteiger partial charge on any atom is 0.255 e. The molecule has 0 aliphatic carbocycles. The molecule has 5 nitrogen and oxygen atoms in total. The molecule has 0 amide bonds. The quantitative estimate of drug-likeness (QED) is 0.779. The van der Waals surface area contributed by atoms with Crippen molar-refractivity contribution < 1.29 is 0 Å². The van der Waals surface area contributed by atoms with Gasteiger partial charge in [-0.25, -0.2) is 4.98 Å². The Morgan fingerprint density at radius 3 is 2.81 bits per heavy atom. The highest BCUT2D eigenvalue weighted by atomic mass is 15.3. The third-order valence-corrected chi connectivity index (χ3v) is 2.61. The van der Waals surface area contributed by atoms with Gasteiger partial charge in [-0.15, -0.1) is 10.2 Å². The summed E-state index contributed by atoms with van der Waals surface area (Å²) < 4.78 is 2.02. The highest BCUT2D eigenvalue weighted by Crippen LogP contribution is 2.09. The van der Waals surface area contributed by atoms with Crippen LogP contribution < -0.4 is 5.73 Å². The van der Waals surface area contributed by atoms with E-state index in [1.165, 1.54) is 0 Å². The average molecular weight is 219 g/mol. The fourth-order valence-corrected chi connectivity index (χ4v) is 1.89. The Bertz CT molecular complexity index is 488. The Morgan fingerprint density at radius 1 is 1.25 bits per heavy atom. The van der Waals surface area contributed by atoms with Crippen molar-refractivity contribution in [2.24, 2.45) is 5.73 Å². The second-order valence-electron chi connectivity index (χ2n) is 4.04. The average Bonchev–Trinajstić information content (AvgIpc) is 2.62. The molecule has 0 saturated carbocycles. The predicted octanol–water partition coefficient (Wildman–Crippen LogP) is 1.02. The van der Waals surface area contributed by atoms with Gasteiger partial charge >= 0.3 is 0 Å². The molecule has 0 aromatic carbocycles. The van der Waals surface area contributed by atoms with Gasteiger partial charge in [0.1, 0.15) is 5.82 Å². The standard InChI is InChI=1S/C11H17N5/c1-8-7-9(2)16-10(5-3-4-6-12)14-15-11(16)13-8/h7H,3-6,12H2,1-2H3. The fourth-order valence-electron chi connectivity index (χ4n) is 1.89. The summed E-state index contributed by atoms with van der Waals surface area (Å²) in [6, 6.07) is 2.04. The SMILES string of the molecule is Cc1cc(C)n2c(CCCCN)nnc2n1. The van der Waals surface area contributed by atoms with Crippen molar-refractivity contribution in [1.82, 2.24) is 19.6 Å². The molecule has 0 spiro atoms. The third kappa shape index (κ3) is 2.04. The van der Waals surface area contributed by atoms with Crippen LogP contribution in [0.4, 0.5) is 0 Å². The third-order valence-electron chi connectivity index (χ3n) is 2.61. The minimum absolute atomic E-state index is 0.695. The minimum Gasteiger partial charge on any atom is -0.330 e. The molecule has 0 fully saturated rings. The van der Waals surface area contributed by atoms with Crippen LogP contribution in [0.1, 0.15) is 30.1 Å². The molecule has 2 aromatic heterocycles. The van der Waals surface area contributed by atoms with Crippen molar-refractivity contribution in [3.63, 3.8) is 0 Å². The number of nitrogens with two attached hydrogens (primary N) is 1. The zero-order valence-corrected chi connectivity index (χ0v) is 9.77. The number of unbranched alkanes of at least 4 members (excludes halogenated alkanes) is 1. The molecule has 0 bridgehead atoms. The number of aromatic nitrogens is 4. The Morgan fingerprint density at radius 2 is 2.06 bits per heavy atom. The molecule has 2 N–H and O–H groups in total. The predicted molar refractivity (Wildman–Crippen MR) is 62.2 cm³/mol. The van der Waals surface area contributed by atoms with Gasteiger partial charge < -0.3 is 5.73 Å². The van der Waals surface area contributed by atoms with Crippen LogP contribution in [0.5, 0.6) is 0 Å². The normalized spacial score (nSPS) is 11.2. The topological polar surface area (TPSA) is 69.1 Å². The smallest absolute Gasteiger partial charge is 0.255 e. The van der Waals surface area contributed by atoms with E-state index in [9.17, 15) is 0 Å². The minimum atomic E-state index is 0.695. The van der Waals surface area contributed by atoms with Crippen LogP contribution in [0.25, 0.3) is 5.78 Å². The summed E-state index contributed by atoms with van der Waals surface area (Å²) in [6.45, 7) is 4.75. The van der Waals surface area contributed by atoms with Crippen molar-refractivity contribution in [3.8, 4) is 0 Å². The van der Waals surface area contributed by atoms with E-state index in [0.717, 1.165) is 43.0 Å². The van der Waals surface area contributed by atoms with Gasteiger partial charge in [0.15, 0.2) is 0 Å². The first kappa shape index (κ1) is 11.0. The van der Waals surface area contributed by atoms with Gasteiger partial charge in [0.25, 0.3) is 5.78 Å². The Kier molecular flexibility index (Phi) is 3.14. The summed E-state index contributed by atoms with van der Waals surface area (Å²) in [5.41, 5.74) is 7.59. The lowest BCUT2D eigenvalue weighted by molar-refractivity contribution is 0.706. The number of nitrogens with zero attached hydrogens (tertiary/aromatic N) is 4. The number of aryl methyl sites for hydroxylation is 3. The molecule has 2 aromatic rings. The first-order chi connectivity index (χ1) is 7.72. The molecule has 0 aliphatic rings. The molecule has 2 heterocycles. The van der Waals surface area contributed by atoms with Gasteiger partial charge in [0.2, 0.25) is 0 Å². The first-order valence-corrected chi connectivity index (χ1v) is 5.60. The lowest BCUT2D eigenvalue weighted by Gasteiger charge is -2.03. The van der Waals surface area contributed by atoms with Crippen molar-refractivity contribution in [1.29, 1.82) is 0 Å². The number of rotatable bonds is 4. The van der Waals surface area contributed by atoms with Crippen molar-refractivity contribution in [3.05, 3.63) is 23.3 Å². The molecule has 2 rings (SSSR count). The summed E-state index contributed by atoms with van der Waals surface area (Å²) in [7, 11) is 0. The first-order valence-electron chi connectivity index (χ1n) is 5.60. The number of hydrogen-bond donors (Lipinski definition) is 1. The molecule has 0 unspecified atom stereocenters. The van der Waals surface area contributed by atoms with Gasteiger partial charge in [0, 0.05) is 17.8 Å². The summed E-state index contributed by atoms with van der Waals surface area (Å²) in [4.78, 5) is 4.35. The highest BCUT2D eigenvalue weighted by Gasteiger charge is 2.08. The van der Waals surface area contributed by atoms with Crippen LogP contribution in [0.15, 0.2) is 6.07 Å². The lowest BCUT2D eigenvalue weighted by atomic mass is 10.2. The second kappa shape index (κ2) is 4.57. The van der Waals surface area contributed by atoms with E-state index in [2.05, 4.69) is 22.1 Å². The number of hydrogen-bond acceptors (Lipinski definition) is 4. The van der Waals surface area contributed by atoms with Gasteiger partial charge in [0.05, 0.1) is 0 Å². The van der Waals surface area contributed by atoms with Gasteiger partial charge in [-0.2, -0.15) is 0 Å². The van der Waals surface area contributed by atoms with Crippen molar-refractivity contribution in [2.45, 2.75) is 33.1 Å². The van der Waals surface area contributed by atoms with E-state index < -0.39 is 0 Å². The molecule has 0 aliphatic heterocycles. The molecule has 16 heavy (non-hydrogen) atoms. The second-order valence-corrected chi connectivity index (χ2v) is 4.04. The van der Waals surface area contributed by atoms with E-state index in [4.69, 9.17) is 5.73 Å². The Labute approximate surface area is 94.7 Å². The molecule has 86 valence electrons. The van der Waals surface area contributed by atoms with Gasteiger partial charge in [-0.3, -0.25) is 4.40 Å².